The van der Waals surface area contributed by atoms with Gasteiger partial charge in [-0.15, -0.1) is 0 Å². The Bertz CT molecular complexity index is 604. The van der Waals surface area contributed by atoms with Crippen molar-refractivity contribution in [2.75, 3.05) is 39.3 Å². The molecular formula is C20H31N3O4. The van der Waals surface area contributed by atoms with Crippen molar-refractivity contribution in [3.05, 3.63) is 11.6 Å². The van der Waals surface area contributed by atoms with Gasteiger partial charge in [-0.05, 0) is 51.9 Å². The number of ether oxygens (including phenoxy) is 1. The quantitative estimate of drug-likeness (QED) is 0.568. The third kappa shape index (κ3) is 4.62. The maximum atomic E-state index is 12.9. The predicted octanol–water partition coefficient (Wildman–Crippen LogP) is 2.07. The van der Waals surface area contributed by atoms with Crippen LogP contribution in [-0.2, 0) is 14.3 Å². The van der Waals surface area contributed by atoms with Gasteiger partial charge in [-0.1, -0.05) is 11.6 Å². The van der Waals surface area contributed by atoms with E-state index in [9.17, 15) is 14.4 Å². The summed E-state index contributed by atoms with van der Waals surface area (Å²) in [4.78, 5) is 40.7. The van der Waals surface area contributed by atoms with E-state index in [4.69, 9.17) is 4.74 Å². The van der Waals surface area contributed by atoms with Crippen molar-refractivity contribution in [2.45, 2.75) is 51.9 Å². The summed E-state index contributed by atoms with van der Waals surface area (Å²) in [6, 6.07) is 0. The molecule has 1 heterocycles. The van der Waals surface area contributed by atoms with Crippen LogP contribution in [0.5, 0.6) is 0 Å². The number of hydrogen-bond acceptors (Lipinski definition) is 4. The van der Waals surface area contributed by atoms with Crippen LogP contribution in [0.2, 0.25) is 0 Å². The lowest BCUT2D eigenvalue weighted by atomic mass is 9.97. The molecule has 1 aliphatic heterocycles. The van der Waals surface area contributed by atoms with Gasteiger partial charge >= 0.3 is 6.09 Å². The first-order valence-electron chi connectivity index (χ1n) is 10.2. The Hall–Kier alpha value is -2.05. The highest BCUT2D eigenvalue weighted by Gasteiger charge is 2.58. The molecule has 0 aromatic carbocycles. The molecule has 1 N–H and O–H groups in total. The maximum absolute atomic E-state index is 12.9. The maximum Gasteiger partial charge on any atom is 0.409 e. The van der Waals surface area contributed by atoms with Gasteiger partial charge in [-0.3, -0.25) is 9.59 Å². The second-order valence-corrected chi connectivity index (χ2v) is 7.67. The van der Waals surface area contributed by atoms with Gasteiger partial charge in [0, 0.05) is 32.7 Å². The second kappa shape index (κ2) is 8.76. The molecule has 150 valence electrons. The molecule has 2 aliphatic carbocycles. The van der Waals surface area contributed by atoms with E-state index in [1.165, 1.54) is 18.4 Å². The van der Waals surface area contributed by atoms with Crippen LogP contribution >= 0.6 is 0 Å². The van der Waals surface area contributed by atoms with Gasteiger partial charge in [0.1, 0.15) is 5.41 Å². The zero-order valence-electron chi connectivity index (χ0n) is 16.3. The molecule has 3 rings (SSSR count). The summed E-state index contributed by atoms with van der Waals surface area (Å²) >= 11 is 0. The molecule has 2 fully saturated rings. The summed E-state index contributed by atoms with van der Waals surface area (Å²) < 4.78 is 5.00. The Morgan fingerprint density at radius 3 is 2.41 bits per heavy atom. The van der Waals surface area contributed by atoms with Crippen LogP contribution in [0.3, 0.4) is 0 Å². The molecule has 0 aromatic heterocycles. The minimum atomic E-state index is -0.868. The third-order valence-corrected chi connectivity index (χ3v) is 5.80. The Morgan fingerprint density at radius 2 is 1.81 bits per heavy atom. The molecule has 0 aromatic rings. The lowest BCUT2D eigenvalue weighted by Crippen LogP contribution is -2.54. The molecule has 3 amide bonds. The van der Waals surface area contributed by atoms with Crippen molar-refractivity contribution in [3.63, 3.8) is 0 Å². The van der Waals surface area contributed by atoms with Crippen molar-refractivity contribution in [1.82, 2.24) is 15.1 Å². The van der Waals surface area contributed by atoms with Crippen molar-refractivity contribution in [2.24, 2.45) is 5.41 Å². The number of allylic oxidation sites excluding steroid dienone is 1. The highest BCUT2D eigenvalue weighted by atomic mass is 16.6. The lowest BCUT2D eigenvalue weighted by Gasteiger charge is -2.35. The fraction of sp³-hybridized carbons (Fsp3) is 0.750. The van der Waals surface area contributed by atoms with Gasteiger partial charge < -0.3 is 19.9 Å². The monoisotopic (exact) mass is 377 g/mol. The van der Waals surface area contributed by atoms with E-state index in [-0.39, 0.29) is 17.9 Å². The molecule has 27 heavy (non-hydrogen) atoms. The topological polar surface area (TPSA) is 79.0 Å². The molecule has 0 unspecified atom stereocenters. The van der Waals surface area contributed by atoms with E-state index in [0.717, 1.165) is 19.3 Å². The van der Waals surface area contributed by atoms with Gasteiger partial charge in [-0.25, -0.2) is 4.79 Å². The molecule has 0 spiro atoms. The lowest BCUT2D eigenvalue weighted by molar-refractivity contribution is -0.145. The number of nitrogens with zero attached hydrogens (tertiary/aromatic N) is 2. The first-order valence-corrected chi connectivity index (χ1v) is 10.2. The van der Waals surface area contributed by atoms with Crippen molar-refractivity contribution < 1.29 is 19.1 Å². The van der Waals surface area contributed by atoms with Crippen molar-refractivity contribution >= 4 is 17.9 Å². The number of piperazine rings is 1. The van der Waals surface area contributed by atoms with Gasteiger partial charge in [0.2, 0.25) is 11.8 Å². The van der Waals surface area contributed by atoms with Crippen LogP contribution in [0.1, 0.15) is 51.9 Å². The zero-order valence-corrected chi connectivity index (χ0v) is 16.3. The molecule has 7 heteroatoms. The van der Waals surface area contributed by atoms with Gasteiger partial charge in [0.05, 0.1) is 6.61 Å². The van der Waals surface area contributed by atoms with E-state index in [0.29, 0.717) is 52.2 Å². The SMILES string of the molecule is CCOC(=O)N1CCN(C(=O)C2(C(=O)NCCC3=CCCCC3)CC2)CC1. The normalized spacial score (nSPS) is 21.3. The van der Waals surface area contributed by atoms with E-state index >= 15 is 0 Å². The van der Waals surface area contributed by atoms with Crippen molar-refractivity contribution in [3.8, 4) is 0 Å². The molecule has 1 saturated heterocycles. The molecular weight excluding hydrogens is 346 g/mol. The highest BCUT2D eigenvalue weighted by Crippen LogP contribution is 2.47. The average molecular weight is 377 g/mol. The predicted molar refractivity (Wildman–Crippen MR) is 101 cm³/mol. The molecule has 0 bridgehead atoms. The Balaban J connectivity index is 1.45. The number of rotatable bonds is 6. The fourth-order valence-electron chi connectivity index (χ4n) is 3.91. The number of amides is 3. The standard InChI is InChI=1S/C20H31N3O4/c1-2-27-19(26)23-14-12-22(13-15-23)18(25)20(9-10-20)17(24)21-11-8-16-6-4-3-5-7-16/h6H,2-5,7-15H2,1H3,(H,21,24). The largest absolute Gasteiger partial charge is 0.450 e. The number of hydrogen-bond donors (Lipinski definition) is 1. The van der Waals surface area contributed by atoms with E-state index in [2.05, 4.69) is 11.4 Å². The van der Waals surface area contributed by atoms with Crippen LogP contribution in [0.15, 0.2) is 11.6 Å². The average Bonchev–Trinajstić information content (AvgIpc) is 3.50. The van der Waals surface area contributed by atoms with Crippen LogP contribution in [0.4, 0.5) is 4.79 Å². The summed E-state index contributed by atoms with van der Waals surface area (Å²) in [6.45, 7) is 4.55. The Kier molecular flexibility index (Phi) is 6.39. The number of carbonyl (C=O) groups is 3. The second-order valence-electron chi connectivity index (χ2n) is 7.67. The highest BCUT2D eigenvalue weighted by molar-refractivity contribution is 6.07. The zero-order chi connectivity index (χ0) is 19.3. The van der Waals surface area contributed by atoms with Crippen LogP contribution in [0, 0.1) is 5.41 Å². The molecule has 7 nitrogen and oxygen atoms in total. The van der Waals surface area contributed by atoms with Gasteiger partial charge in [-0.2, -0.15) is 0 Å². The van der Waals surface area contributed by atoms with E-state index in [1.54, 1.807) is 16.7 Å². The van der Waals surface area contributed by atoms with Gasteiger partial charge in [0.15, 0.2) is 0 Å². The first kappa shape index (κ1) is 19.7. The van der Waals surface area contributed by atoms with Gasteiger partial charge in [0.25, 0.3) is 0 Å². The summed E-state index contributed by atoms with van der Waals surface area (Å²) in [6.07, 6.45) is 8.85. The molecule has 1 saturated carbocycles. The molecule has 3 aliphatic rings. The van der Waals surface area contributed by atoms with Crippen LogP contribution in [0.25, 0.3) is 0 Å². The fourth-order valence-corrected chi connectivity index (χ4v) is 3.91. The first-order chi connectivity index (χ1) is 13.1. The Morgan fingerprint density at radius 1 is 1.11 bits per heavy atom. The minimum absolute atomic E-state index is 0.0830. The molecule has 0 atom stereocenters. The molecule has 0 radical (unpaired) electrons. The summed E-state index contributed by atoms with van der Waals surface area (Å²) in [5, 5.41) is 2.98. The summed E-state index contributed by atoms with van der Waals surface area (Å²) in [5.41, 5.74) is 0.556. The van der Waals surface area contributed by atoms with Crippen LogP contribution in [-0.4, -0.2) is 67.0 Å². The van der Waals surface area contributed by atoms with E-state index in [1.807, 2.05) is 0 Å². The van der Waals surface area contributed by atoms with Crippen LogP contribution < -0.4 is 5.32 Å². The number of carbonyl (C=O) groups excluding carboxylic acids is 3. The smallest absolute Gasteiger partial charge is 0.409 e. The Labute approximate surface area is 161 Å². The van der Waals surface area contributed by atoms with E-state index < -0.39 is 5.41 Å². The number of nitrogens with one attached hydrogen (secondary N) is 1. The minimum Gasteiger partial charge on any atom is -0.450 e. The summed E-state index contributed by atoms with van der Waals surface area (Å²) in [7, 11) is 0. The third-order valence-electron chi connectivity index (χ3n) is 5.80. The van der Waals surface area contributed by atoms with Crippen molar-refractivity contribution in [1.29, 1.82) is 0 Å². The summed E-state index contributed by atoms with van der Waals surface area (Å²) in [5.74, 6) is -0.211.